The van der Waals surface area contributed by atoms with Crippen molar-refractivity contribution >= 4 is 11.2 Å². The van der Waals surface area contributed by atoms with Gasteiger partial charge in [-0.1, -0.05) is 6.07 Å². The van der Waals surface area contributed by atoms with Crippen LogP contribution in [-0.4, -0.2) is 19.4 Å². The molecular weight excluding hydrogens is 202 g/mol. The maximum atomic E-state index is 5.77. The zero-order valence-corrected chi connectivity index (χ0v) is 8.83. The van der Waals surface area contributed by atoms with E-state index in [9.17, 15) is 0 Å². The molecule has 0 spiro atoms. The smallest absolute Gasteiger partial charge is 0.0891 e. The Bertz CT molecular complexity index is 649. The summed E-state index contributed by atoms with van der Waals surface area (Å²) >= 11 is 0. The third-order valence-corrected chi connectivity index (χ3v) is 2.58. The Labute approximate surface area is 92.1 Å². The molecule has 80 valence electrons. The highest BCUT2D eigenvalue weighted by atomic mass is 15.2. The predicted molar refractivity (Wildman–Crippen MR) is 61.8 cm³/mol. The second-order valence-electron chi connectivity index (χ2n) is 3.75. The van der Waals surface area contributed by atoms with Crippen LogP contribution in [0.3, 0.4) is 0 Å². The first-order valence-electron chi connectivity index (χ1n) is 4.96. The van der Waals surface area contributed by atoms with E-state index in [0.29, 0.717) is 5.69 Å². The highest BCUT2D eigenvalue weighted by Gasteiger charge is 2.04. The number of pyridine rings is 1. The lowest BCUT2D eigenvalue weighted by molar-refractivity contribution is 0.768. The van der Waals surface area contributed by atoms with Crippen LogP contribution in [0.1, 0.15) is 0 Å². The van der Waals surface area contributed by atoms with Crippen molar-refractivity contribution in [2.75, 3.05) is 5.73 Å². The molecule has 0 atom stereocenters. The van der Waals surface area contributed by atoms with Crippen LogP contribution in [0.25, 0.3) is 16.6 Å². The molecule has 3 heterocycles. The lowest BCUT2D eigenvalue weighted by Gasteiger charge is -1.99. The lowest BCUT2D eigenvalue weighted by atomic mass is 10.1. The Morgan fingerprint density at radius 3 is 2.69 bits per heavy atom. The molecule has 0 unspecified atom stereocenters. The topological polar surface area (TPSA) is 61.1 Å². The van der Waals surface area contributed by atoms with Gasteiger partial charge in [0.05, 0.1) is 23.6 Å². The molecule has 5 heteroatoms. The minimum atomic E-state index is 0.692. The van der Waals surface area contributed by atoms with E-state index >= 15 is 0 Å². The van der Waals surface area contributed by atoms with Gasteiger partial charge in [-0.2, -0.15) is 10.2 Å². The van der Waals surface area contributed by atoms with Crippen LogP contribution < -0.4 is 5.73 Å². The van der Waals surface area contributed by atoms with Gasteiger partial charge < -0.3 is 5.73 Å². The molecule has 3 aromatic heterocycles. The minimum Gasteiger partial charge on any atom is -0.396 e. The predicted octanol–water partition coefficient (Wildman–Crippen LogP) is 1.32. The van der Waals surface area contributed by atoms with Gasteiger partial charge in [-0.3, -0.25) is 4.68 Å². The van der Waals surface area contributed by atoms with Crippen molar-refractivity contribution in [1.82, 2.24) is 19.4 Å². The second kappa shape index (κ2) is 3.10. The Morgan fingerprint density at radius 1 is 1.06 bits per heavy atom. The molecule has 0 aromatic carbocycles. The summed E-state index contributed by atoms with van der Waals surface area (Å²) in [5.74, 6) is 0. The van der Waals surface area contributed by atoms with E-state index in [1.807, 2.05) is 37.8 Å². The summed E-state index contributed by atoms with van der Waals surface area (Å²) in [5, 5.41) is 8.32. The Hall–Kier alpha value is -2.30. The van der Waals surface area contributed by atoms with Crippen LogP contribution in [0.2, 0.25) is 0 Å². The first-order valence-corrected chi connectivity index (χ1v) is 4.96. The highest BCUT2D eigenvalue weighted by molar-refractivity contribution is 5.72. The fourth-order valence-corrected chi connectivity index (χ4v) is 1.75. The first-order chi connectivity index (χ1) is 7.74. The fourth-order valence-electron chi connectivity index (χ4n) is 1.75. The van der Waals surface area contributed by atoms with Crippen LogP contribution in [0.5, 0.6) is 0 Å². The van der Waals surface area contributed by atoms with Crippen molar-refractivity contribution in [1.29, 1.82) is 0 Å². The van der Waals surface area contributed by atoms with Crippen molar-refractivity contribution in [2.45, 2.75) is 0 Å². The maximum Gasteiger partial charge on any atom is 0.0891 e. The molecule has 16 heavy (non-hydrogen) atoms. The molecule has 5 nitrogen and oxygen atoms in total. The molecule has 0 aliphatic carbocycles. The minimum absolute atomic E-state index is 0.692. The van der Waals surface area contributed by atoms with Crippen molar-refractivity contribution in [2.24, 2.45) is 7.05 Å². The Morgan fingerprint density at radius 2 is 1.94 bits per heavy atom. The zero-order valence-electron chi connectivity index (χ0n) is 8.83. The van der Waals surface area contributed by atoms with Gasteiger partial charge >= 0.3 is 0 Å². The number of aryl methyl sites for hydroxylation is 1. The van der Waals surface area contributed by atoms with Crippen molar-refractivity contribution in [3.05, 3.63) is 36.9 Å². The molecule has 3 rings (SSSR count). The second-order valence-corrected chi connectivity index (χ2v) is 3.75. The van der Waals surface area contributed by atoms with Crippen LogP contribution in [0.4, 0.5) is 5.69 Å². The molecule has 0 aliphatic heterocycles. The average molecular weight is 213 g/mol. The van der Waals surface area contributed by atoms with E-state index in [2.05, 4.69) is 10.2 Å². The maximum absolute atomic E-state index is 5.77. The van der Waals surface area contributed by atoms with Gasteiger partial charge in [0, 0.05) is 30.6 Å². The number of rotatable bonds is 1. The van der Waals surface area contributed by atoms with E-state index < -0.39 is 0 Å². The van der Waals surface area contributed by atoms with Gasteiger partial charge in [0.15, 0.2) is 0 Å². The summed E-state index contributed by atoms with van der Waals surface area (Å²) in [5.41, 5.74) is 9.53. The summed E-state index contributed by atoms with van der Waals surface area (Å²) in [7, 11) is 1.90. The van der Waals surface area contributed by atoms with Gasteiger partial charge in [0.2, 0.25) is 0 Å². The molecule has 0 amide bonds. The number of hydrogen-bond donors (Lipinski definition) is 1. The van der Waals surface area contributed by atoms with Gasteiger partial charge in [-0.25, -0.2) is 4.52 Å². The zero-order chi connectivity index (χ0) is 11.1. The molecule has 2 N–H and O–H groups in total. The monoisotopic (exact) mass is 213 g/mol. The van der Waals surface area contributed by atoms with E-state index in [4.69, 9.17) is 5.73 Å². The van der Waals surface area contributed by atoms with Crippen molar-refractivity contribution in [3.63, 3.8) is 0 Å². The molecule has 0 radical (unpaired) electrons. The number of aromatic nitrogens is 4. The Kier molecular flexibility index (Phi) is 1.73. The van der Waals surface area contributed by atoms with Gasteiger partial charge in [-0.15, -0.1) is 0 Å². The van der Waals surface area contributed by atoms with E-state index in [1.54, 1.807) is 15.4 Å². The van der Waals surface area contributed by atoms with E-state index in [1.165, 1.54) is 0 Å². The number of anilines is 1. The largest absolute Gasteiger partial charge is 0.396 e. The number of hydrogen-bond acceptors (Lipinski definition) is 3. The molecule has 0 fully saturated rings. The summed E-state index contributed by atoms with van der Waals surface area (Å²) in [4.78, 5) is 0. The third-order valence-electron chi connectivity index (χ3n) is 2.58. The molecule has 0 saturated heterocycles. The molecule has 3 aromatic rings. The Balaban J connectivity index is 2.18. The standard InChI is InChI=1S/C11H11N5/c1-15-6-9(4-13-15)8-2-3-11-10(12)5-14-16(11)7-8/h2-7H,12H2,1H3. The highest BCUT2D eigenvalue weighted by Crippen LogP contribution is 2.21. The summed E-state index contributed by atoms with van der Waals surface area (Å²) in [6.07, 6.45) is 7.40. The van der Waals surface area contributed by atoms with Gasteiger partial charge in [0.1, 0.15) is 0 Å². The molecular formula is C11H11N5. The first kappa shape index (κ1) is 8.96. The van der Waals surface area contributed by atoms with Gasteiger partial charge in [-0.05, 0) is 6.07 Å². The number of fused-ring (bicyclic) bond motifs is 1. The average Bonchev–Trinajstić information content (AvgIpc) is 2.86. The number of nitrogen functional groups attached to an aromatic ring is 1. The van der Waals surface area contributed by atoms with Crippen molar-refractivity contribution < 1.29 is 0 Å². The van der Waals surface area contributed by atoms with E-state index in [-0.39, 0.29) is 0 Å². The number of nitrogens with zero attached hydrogens (tertiary/aromatic N) is 4. The summed E-state index contributed by atoms with van der Waals surface area (Å²) in [6, 6.07) is 3.98. The van der Waals surface area contributed by atoms with E-state index in [0.717, 1.165) is 16.6 Å². The fraction of sp³-hybridized carbons (Fsp3) is 0.0909. The van der Waals surface area contributed by atoms with Crippen LogP contribution >= 0.6 is 0 Å². The molecule has 0 bridgehead atoms. The number of nitrogens with two attached hydrogens (primary N) is 1. The SMILES string of the molecule is Cn1cc(-c2ccc3c(N)cnn3c2)cn1. The van der Waals surface area contributed by atoms with Gasteiger partial charge in [0.25, 0.3) is 0 Å². The lowest BCUT2D eigenvalue weighted by Crippen LogP contribution is -1.89. The summed E-state index contributed by atoms with van der Waals surface area (Å²) in [6.45, 7) is 0. The van der Waals surface area contributed by atoms with Crippen LogP contribution in [0, 0.1) is 0 Å². The molecule has 0 saturated carbocycles. The quantitative estimate of drug-likeness (QED) is 0.663. The third kappa shape index (κ3) is 1.25. The van der Waals surface area contributed by atoms with Crippen LogP contribution in [-0.2, 0) is 7.05 Å². The summed E-state index contributed by atoms with van der Waals surface area (Å²) < 4.78 is 3.55. The van der Waals surface area contributed by atoms with Crippen LogP contribution in [0.15, 0.2) is 36.9 Å². The molecule has 0 aliphatic rings. The normalized spacial score (nSPS) is 11.1. The van der Waals surface area contributed by atoms with Crippen molar-refractivity contribution in [3.8, 4) is 11.1 Å².